The van der Waals surface area contributed by atoms with Crippen LogP contribution in [0, 0.1) is 0 Å². The molecule has 120 valence electrons. The number of nitrogens with zero attached hydrogens (tertiary/aromatic N) is 3. The maximum Gasteiger partial charge on any atom is 0.193 e. The van der Waals surface area contributed by atoms with E-state index in [1.807, 2.05) is 6.92 Å². The molecule has 0 spiro atoms. The van der Waals surface area contributed by atoms with Gasteiger partial charge in [0.25, 0.3) is 0 Å². The van der Waals surface area contributed by atoms with Crippen LogP contribution in [0.5, 0.6) is 5.75 Å². The number of phenols is 1. The maximum atomic E-state index is 10.4. The predicted molar refractivity (Wildman–Crippen MR) is 86.6 cm³/mol. The summed E-state index contributed by atoms with van der Waals surface area (Å²) in [6.07, 6.45) is 0.660. The third-order valence-electron chi connectivity index (χ3n) is 3.60. The average molecular weight is 334 g/mol. The van der Waals surface area contributed by atoms with E-state index in [1.165, 1.54) is 10.9 Å². The first-order valence-corrected chi connectivity index (χ1v) is 7.60. The van der Waals surface area contributed by atoms with Crippen LogP contribution in [-0.4, -0.2) is 30.3 Å². The van der Waals surface area contributed by atoms with Crippen LogP contribution in [0.1, 0.15) is 25.3 Å². The molecular formula is C16H16ClN3O3. The molecule has 3 aromatic rings. The fraction of sp³-hybridized carbons (Fsp3) is 0.250. The second-order valence-electron chi connectivity index (χ2n) is 5.36. The molecule has 0 aliphatic heterocycles. The molecule has 6 nitrogen and oxygen atoms in total. The Balaban J connectivity index is 2.12. The topological polar surface area (TPSA) is 91.4 Å². The molecule has 0 saturated heterocycles. The van der Waals surface area contributed by atoms with E-state index in [9.17, 15) is 15.3 Å². The normalized spacial score (nSPS) is 12.0. The van der Waals surface area contributed by atoms with Gasteiger partial charge in [-0.15, -0.1) is 15.0 Å². The van der Waals surface area contributed by atoms with Gasteiger partial charge in [0.05, 0.1) is 5.56 Å². The van der Waals surface area contributed by atoms with Gasteiger partial charge < -0.3 is 15.3 Å². The van der Waals surface area contributed by atoms with E-state index >= 15 is 0 Å². The van der Waals surface area contributed by atoms with Gasteiger partial charge >= 0.3 is 0 Å². The molecule has 3 rings (SSSR count). The van der Waals surface area contributed by atoms with Gasteiger partial charge in [0.2, 0.25) is 0 Å². The van der Waals surface area contributed by atoms with Crippen LogP contribution in [0.15, 0.2) is 36.4 Å². The summed E-state index contributed by atoms with van der Waals surface area (Å²) in [6, 6.07) is 9.77. The van der Waals surface area contributed by atoms with Gasteiger partial charge in [0.1, 0.15) is 16.7 Å². The molecule has 2 aromatic carbocycles. The van der Waals surface area contributed by atoms with Crippen molar-refractivity contribution < 1.29 is 15.3 Å². The van der Waals surface area contributed by atoms with Crippen molar-refractivity contribution in [2.75, 3.05) is 0 Å². The van der Waals surface area contributed by atoms with Crippen LogP contribution < -0.4 is 0 Å². The summed E-state index contributed by atoms with van der Waals surface area (Å²) < 4.78 is 0. The predicted octanol–water partition coefficient (Wildman–Crippen LogP) is 2.72. The summed E-state index contributed by atoms with van der Waals surface area (Å²) in [5.41, 5.74) is 1.48. The van der Waals surface area contributed by atoms with E-state index in [4.69, 9.17) is 11.6 Å². The molecule has 0 fully saturated rings. The fourth-order valence-corrected chi connectivity index (χ4v) is 2.66. The molecule has 3 N–H and O–H groups in total. The third kappa shape index (κ3) is 2.88. The lowest BCUT2D eigenvalue weighted by Crippen LogP contribution is -2.25. The third-order valence-corrected chi connectivity index (χ3v) is 3.84. The Morgan fingerprint density at radius 1 is 1.13 bits per heavy atom. The molecule has 0 amide bonds. The zero-order chi connectivity index (χ0) is 16.6. The highest BCUT2D eigenvalue weighted by Crippen LogP contribution is 2.35. The highest BCUT2D eigenvalue weighted by molar-refractivity contribution is 6.31. The van der Waals surface area contributed by atoms with Gasteiger partial charge in [-0.3, -0.25) is 0 Å². The number of phenolic OH excluding ortho intramolecular Hbond substituents is 1. The molecule has 0 atom stereocenters. The van der Waals surface area contributed by atoms with Crippen molar-refractivity contribution >= 4 is 22.6 Å². The number of para-hydroxylation sites is 1. The summed E-state index contributed by atoms with van der Waals surface area (Å²) >= 11 is 5.93. The van der Waals surface area contributed by atoms with Gasteiger partial charge in [-0.25, -0.2) is 0 Å². The van der Waals surface area contributed by atoms with Crippen molar-refractivity contribution in [3.8, 4) is 11.4 Å². The number of halogens is 1. The Morgan fingerprint density at radius 2 is 1.87 bits per heavy atom. The van der Waals surface area contributed by atoms with E-state index in [2.05, 4.69) is 10.2 Å². The highest BCUT2D eigenvalue weighted by atomic mass is 35.5. The summed E-state index contributed by atoms with van der Waals surface area (Å²) in [5, 5.41) is 39.8. The minimum Gasteiger partial charge on any atom is -0.505 e. The molecule has 0 aliphatic carbocycles. The van der Waals surface area contributed by atoms with E-state index in [1.54, 1.807) is 30.3 Å². The van der Waals surface area contributed by atoms with Gasteiger partial charge in [0.15, 0.2) is 11.5 Å². The first-order chi connectivity index (χ1) is 10.9. The summed E-state index contributed by atoms with van der Waals surface area (Å²) in [7, 11) is 0. The summed E-state index contributed by atoms with van der Waals surface area (Å²) in [5.74, 6) is -2.37. The quantitative estimate of drug-likeness (QED) is 0.638. The Kier molecular flexibility index (Phi) is 3.97. The Hall–Kier alpha value is -2.15. The smallest absolute Gasteiger partial charge is 0.193 e. The van der Waals surface area contributed by atoms with Crippen LogP contribution in [0.25, 0.3) is 16.7 Å². The van der Waals surface area contributed by atoms with Gasteiger partial charge in [-0.1, -0.05) is 31.0 Å². The molecule has 0 aliphatic rings. The highest BCUT2D eigenvalue weighted by Gasteiger charge is 2.29. The molecule has 0 unspecified atom stereocenters. The van der Waals surface area contributed by atoms with Crippen LogP contribution in [0.2, 0.25) is 5.02 Å². The number of rotatable bonds is 4. The standard InChI is InChI=1S/C16H16ClN3O3/c1-2-8-16(22,23)11-4-3-5-14(15(11)21)20-18-12-7-6-10(17)9-13(12)19-20/h3-7,9,21-23H,2,8H2,1H3. The first kappa shape index (κ1) is 15.7. The molecular weight excluding hydrogens is 318 g/mol. The number of aliphatic hydroxyl groups is 2. The van der Waals surface area contributed by atoms with Crippen molar-refractivity contribution in [2.45, 2.75) is 25.6 Å². The van der Waals surface area contributed by atoms with Crippen molar-refractivity contribution in [3.05, 3.63) is 47.0 Å². The SMILES string of the molecule is CCCC(O)(O)c1cccc(-n2nc3ccc(Cl)cc3n2)c1O. The molecule has 1 aromatic heterocycles. The molecule has 0 radical (unpaired) electrons. The monoisotopic (exact) mass is 333 g/mol. The summed E-state index contributed by atoms with van der Waals surface area (Å²) in [4.78, 5) is 1.25. The van der Waals surface area contributed by atoms with Gasteiger partial charge in [-0.05, 0) is 30.3 Å². The molecule has 0 bridgehead atoms. The van der Waals surface area contributed by atoms with E-state index < -0.39 is 5.79 Å². The fourth-order valence-electron chi connectivity index (χ4n) is 2.49. The lowest BCUT2D eigenvalue weighted by Gasteiger charge is -2.23. The zero-order valence-electron chi connectivity index (χ0n) is 12.4. The minimum absolute atomic E-state index is 0.0243. The van der Waals surface area contributed by atoms with E-state index in [-0.39, 0.29) is 23.4 Å². The molecule has 23 heavy (non-hydrogen) atoms. The van der Waals surface area contributed by atoms with Crippen LogP contribution in [-0.2, 0) is 5.79 Å². The van der Waals surface area contributed by atoms with Crippen LogP contribution in [0.3, 0.4) is 0 Å². The largest absolute Gasteiger partial charge is 0.505 e. The Bertz CT molecular complexity index is 861. The minimum atomic E-state index is -2.11. The molecule has 7 heteroatoms. The number of aromatic hydroxyl groups is 1. The van der Waals surface area contributed by atoms with E-state index in [0.29, 0.717) is 22.5 Å². The lowest BCUT2D eigenvalue weighted by atomic mass is 9.99. The van der Waals surface area contributed by atoms with Crippen molar-refractivity contribution in [1.82, 2.24) is 15.0 Å². The summed E-state index contributed by atoms with van der Waals surface area (Å²) in [6.45, 7) is 1.83. The number of aromatic nitrogens is 3. The zero-order valence-corrected chi connectivity index (χ0v) is 13.2. The Labute approximate surface area is 137 Å². The molecule has 0 saturated carbocycles. The number of hydrogen-bond acceptors (Lipinski definition) is 5. The maximum absolute atomic E-state index is 10.4. The van der Waals surface area contributed by atoms with Gasteiger partial charge in [-0.2, -0.15) is 0 Å². The first-order valence-electron chi connectivity index (χ1n) is 7.22. The number of hydrogen-bond donors (Lipinski definition) is 3. The van der Waals surface area contributed by atoms with Crippen molar-refractivity contribution in [1.29, 1.82) is 0 Å². The molecule has 1 heterocycles. The Morgan fingerprint density at radius 3 is 2.61 bits per heavy atom. The van der Waals surface area contributed by atoms with Crippen LogP contribution >= 0.6 is 11.6 Å². The van der Waals surface area contributed by atoms with Crippen molar-refractivity contribution in [2.24, 2.45) is 0 Å². The van der Waals surface area contributed by atoms with Crippen molar-refractivity contribution in [3.63, 3.8) is 0 Å². The van der Waals surface area contributed by atoms with Crippen LogP contribution in [0.4, 0.5) is 0 Å². The second kappa shape index (κ2) is 5.81. The average Bonchev–Trinajstić information content (AvgIpc) is 2.89. The lowest BCUT2D eigenvalue weighted by molar-refractivity contribution is -0.175. The number of fused-ring (bicyclic) bond motifs is 1. The number of benzene rings is 2. The van der Waals surface area contributed by atoms with Gasteiger partial charge in [0, 0.05) is 11.4 Å². The second-order valence-corrected chi connectivity index (χ2v) is 5.80. The van der Waals surface area contributed by atoms with E-state index in [0.717, 1.165) is 0 Å².